The number of benzene rings is 1. The van der Waals surface area contributed by atoms with Gasteiger partial charge in [-0.1, -0.05) is 0 Å². The van der Waals surface area contributed by atoms with E-state index in [2.05, 4.69) is 47.9 Å². The summed E-state index contributed by atoms with van der Waals surface area (Å²) in [7, 11) is 3.93. The molecular formula is C23H26N10O. The molecule has 4 aromatic rings. The first kappa shape index (κ1) is 20.8. The largest absolute Gasteiger partial charge is 0.350 e. The van der Waals surface area contributed by atoms with E-state index in [1.165, 1.54) is 0 Å². The van der Waals surface area contributed by atoms with Gasteiger partial charge < -0.3 is 10.6 Å². The van der Waals surface area contributed by atoms with Crippen LogP contribution in [0.25, 0.3) is 16.7 Å². The predicted octanol–water partition coefficient (Wildman–Crippen LogP) is 1.62. The molecule has 0 atom stereocenters. The topological polar surface area (TPSA) is 109 Å². The molecule has 1 saturated heterocycles. The van der Waals surface area contributed by atoms with Gasteiger partial charge in [0.25, 0.3) is 5.91 Å². The van der Waals surface area contributed by atoms with E-state index in [0.717, 1.165) is 47.5 Å². The van der Waals surface area contributed by atoms with Crippen LogP contribution in [0.5, 0.6) is 0 Å². The summed E-state index contributed by atoms with van der Waals surface area (Å²) in [6.45, 7) is 5.18. The van der Waals surface area contributed by atoms with Gasteiger partial charge in [-0.15, -0.1) is 0 Å². The molecule has 1 amide bonds. The van der Waals surface area contributed by atoms with Crippen molar-refractivity contribution in [2.24, 2.45) is 13.0 Å². The number of nitrogens with one attached hydrogen (secondary N) is 2. The van der Waals surface area contributed by atoms with Crippen molar-refractivity contribution in [2.45, 2.75) is 13.5 Å². The van der Waals surface area contributed by atoms with Crippen molar-refractivity contribution in [1.29, 1.82) is 0 Å². The molecule has 0 saturated carbocycles. The van der Waals surface area contributed by atoms with Gasteiger partial charge >= 0.3 is 0 Å². The number of hydrogen-bond donors (Lipinski definition) is 2. The SMILES string of the molecule is Cc1nn2cc1CN(C)N1CC(CNC(=O)c3nn(C)c4ccc(cc34)Nc3nccc-2n3)C1. The zero-order valence-corrected chi connectivity index (χ0v) is 19.4. The van der Waals surface area contributed by atoms with Gasteiger partial charge in [0.15, 0.2) is 11.5 Å². The highest BCUT2D eigenvalue weighted by Gasteiger charge is 2.30. The zero-order chi connectivity index (χ0) is 23.4. The molecule has 0 aliphatic carbocycles. The summed E-state index contributed by atoms with van der Waals surface area (Å²) in [5.41, 5.74) is 4.18. The molecule has 1 fully saturated rings. The molecule has 7 rings (SSSR count). The van der Waals surface area contributed by atoms with Crippen molar-refractivity contribution in [3.05, 3.63) is 53.6 Å². The minimum atomic E-state index is -0.159. The molecule has 3 aliphatic rings. The molecule has 2 N–H and O–H groups in total. The maximum atomic E-state index is 13.0. The van der Waals surface area contributed by atoms with Crippen LogP contribution < -0.4 is 10.6 Å². The number of hydrogen-bond acceptors (Lipinski definition) is 8. The Bertz CT molecular complexity index is 1400. The number of fused-ring (bicyclic) bond motifs is 3. The summed E-state index contributed by atoms with van der Waals surface area (Å²) >= 11 is 0. The number of aromatic nitrogens is 6. The Morgan fingerprint density at radius 2 is 1.97 bits per heavy atom. The Kier molecular flexibility index (Phi) is 4.82. The Morgan fingerprint density at radius 3 is 2.82 bits per heavy atom. The van der Waals surface area contributed by atoms with E-state index in [9.17, 15) is 4.79 Å². The second kappa shape index (κ2) is 7.89. The normalized spacial score (nSPS) is 20.7. The van der Waals surface area contributed by atoms with Crippen molar-refractivity contribution in [2.75, 3.05) is 32.0 Å². The summed E-state index contributed by atoms with van der Waals surface area (Å²) in [6, 6.07) is 7.62. The van der Waals surface area contributed by atoms with Crippen molar-refractivity contribution in [3.63, 3.8) is 0 Å². The Labute approximate surface area is 196 Å². The Hall–Kier alpha value is -3.83. The number of amides is 1. The molecule has 34 heavy (non-hydrogen) atoms. The van der Waals surface area contributed by atoms with Gasteiger partial charge in [-0.05, 0) is 25.1 Å². The number of hydrazine groups is 1. The van der Waals surface area contributed by atoms with Crippen molar-refractivity contribution in [3.8, 4) is 5.82 Å². The van der Waals surface area contributed by atoms with E-state index in [1.54, 1.807) is 15.6 Å². The molecule has 3 aliphatic heterocycles. The fourth-order valence-electron chi connectivity index (χ4n) is 4.56. The third-order valence-corrected chi connectivity index (χ3v) is 6.57. The minimum Gasteiger partial charge on any atom is -0.350 e. The van der Waals surface area contributed by atoms with E-state index in [1.807, 2.05) is 44.4 Å². The van der Waals surface area contributed by atoms with Crippen LogP contribution in [0.3, 0.4) is 0 Å². The highest BCUT2D eigenvalue weighted by Crippen LogP contribution is 2.25. The standard InChI is InChI=1S/C23H26N10O/c1-14-16-12-30(2)32-10-15(11-32)9-25-22(34)21-18-8-17(4-5-19(18)31(3)29-21)26-23-24-7-6-20(27-23)33(13-16)28-14/h4-8,13,15H,9-12H2,1-3H3,(H,25,34)(H,24,26,27). The molecule has 11 heteroatoms. The lowest BCUT2D eigenvalue weighted by molar-refractivity contribution is -0.0926. The Balaban J connectivity index is 1.41. The number of carbonyl (C=O) groups is 1. The third-order valence-electron chi connectivity index (χ3n) is 6.57. The van der Waals surface area contributed by atoms with Crippen LogP contribution in [0.4, 0.5) is 11.6 Å². The summed E-state index contributed by atoms with van der Waals surface area (Å²) in [6.07, 6.45) is 3.73. The van der Waals surface area contributed by atoms with Crippen molar-refractivity contribution >= 4 is 28.4 Å². The van der Waals surface area contributed by atoms with Gasteiger partial charge in [0.05, 0.1) is 11.2 Å². The van der Waals surface area contributed by atoms with E-state index in [4.69, 9.17) is 0 Å². The summed E-state index contributed by atoms with van der Waals surface area (Å²) in [5, 5.41) is 20.8. The number of rotatable bonds is 0. The summed E-state index contributed by atoms with van der Waals surface area (Å²) in [5.74, 6) is 1.37. The molecule has 6 heterocycles. The van der Waals surface area contributed by atoms with Gasteiger partial charge in [-0.2, -0.15) is 15.2 Å². The van der Waals surface area contributed by atoms with Gasteiger partial charge in [0.1, 0.15) is 0 Å². The van der Waals surface area contributed by atoms with E-state index in [0.29, 0.717) is 29.9 Å². The van der Waals surface area contributed by atoms with Gasteiger partial charge in [0.2, 0.25) is 5.95 Å². The van der Waals surface area contributed by atoms with E-state index >= 15 is 0 Å². The highest BCUT2D eigenvalue weighted by molar-refractivity contribution is 6.05. The highest BCUT2D eigenvalue weighted by atomic mass is 16.2. The van der Waals surface area contributed by atoms with E-state index < -0.39 is 0 Å². The fourth-order valence-corrected chi connectivity index (χ4v) is 4.56. The quantitative estimate of drug-likeness (QED) is 0.409. The van der Waals surface area contributed by atoms with Crippen LogP contribution in [0, 0.1) is 12.8 Å². The van der Waals surface area contributed by atoms with Crippen LogP contribution >= 0.6 is 0 Å². The average molecular weight is 459 g/mol. The lowest BCUT2D eigenvalue weighted by Crippen LogP contribution is -2.57. The molecule has 11 nitrogen and oxygen atoms in total. The predicted molar refractivity (Wildman–Crippen MR) is 127 cm³/mol. The third kappa shape index (κ3) is 3.58. The van der Waals surface area contributed by atoms with Gasteiger partial charge in [-0.25, -0.2) is 19.7 Å². The molecule has 0 radical (unpaired) electrons. The molecule has 0 unspecified atom stereocenters. The molecule has 3 aromatic heterocycles. The molecular weight excluding hydrogens is 432 g/mol. The van der Waals surface area contributed by atoms with Crippen LogP contribution in [0.1, 0.15) is 21.7 Å². The second-order valence-electron chi connectivity index (χ2n) is 9.02. The number of nitrogens with zero attached hydrogens (tertiary/aromatic N) is 8. The average Bonchev–Trinajstić information content (AvgIpc) is 3.31. The number of aryl methyl sites for hydroxylation is 2. The minimum absolute atomic E-state index is 0.159. The number of anilines is 2. The maximum absolute atomic E-state index is 13.0. The van der Waals surface area contributed by atoms with Crippen molar-refractivity contribution in [1.82, 2.24) is 44.9 Å². The number of carbonyl (C=O) groups excluding carboxylic acids is 1. The lowest BCUT2D eigenvalue weighted by atomic mass is 10.0. The fraction of sp³-hybridized carbons (Fsp3) is 0.348. The molecule has 1 aromatic carbocycles. The smallest absolute Gasteiger partial charge is 0.272 e. The van der Waals surface area contributed by atoms with Gasteiger partial charge in [0, 0.05) is 81.3 Å². The monoisotopic (exact) mass is 458 g/mol. The molecule has 174 valence electrons. The first-order valence-electron chi connectivity index (χ1n) is 11.3. The summed E-state index contributed by atoms with van der Waals surface area (Å²) in [4.78, 5) is 22.0. The Morgan fingerprint density at radius 1 is 1.12 bits per heavy atom. The second-order valence-corrected chi connectivity index (χ2v) is 9.02. The zero-order valence-electron chi connectivity index (χ0n) is 19.4. The first-order chi connectivity index (χ1) is 16.4. The summed E-state index contributed by atoms with van der Waals surface area (Å²) < 4.78 is 3.53. The lowest BCUT2D eigenvalue weighted by Gasteiger charge is -2.44. The maximum Gasteiger partial charge on any atom is 0.272 e. The van der Waals surface area contributed by atoms with Crippen LogP contribution in [-0.2, 0) is 13.6 Å². The van der Waals surface area contributed by atoms with E-state index in [-0.39, 0.29) is 5.91 Å². The van der Waals surface area contributed by atoms with Gasteiger partial charge in [-0.3, -0.25) is 9.48 Å². The molecule has 0 spiro atoms. The van der Waals surface area contributed by atoms with Crippen molar-refractivity contribution < 1.29 is 4.79 Å². The van der Waals surface area contributed by atoms with Crippen LogP contribution in [0.15, 0.2) is 36.7 Å². The first-order valence-corrected chi connectivity index (χ1v) is 11.3. The van der Waals surface area contributed by atoms with Crippen LogP contribution in [0.2, 0.25) is 0 Å². The van der Waals surface area contributed by atoms with Crippen LogP contribution in [-0.4, -0.2) is 72.1 Å². The molecule has 8 bridgehead atoms.